The standard InChI is InChI=1S/C19H21N3OS/c1-22(2)18-9-5-8-15(12-18)19(23)21-10-11-24-14-17-7-4-3-6-16(17)13-20/h3-9,12H,10-11,14H2,1-2H3,(H,21,23). The van der Waals surface area contributed by atoms with Gasteiger partial charge in [-0.1, -0.05) is 24.3 Å². The Labute approximate surface area is 147 Å². The molecule has 0 bridgehead atoms. The van der Waals surface area contributed by atoms with Crippen molar-refractivity contribution in [1.29, 1.82) is 5.26 Å². The molecule has 0 radical (unpaired) electrons. The van der Waals surface area contributed by atoms with Crippen molar-refractivity contribution in [2.75, 3.05) is 31.3 Å². The van der Waals surface area contributed by atoms with Crippen LogP contribution in [-0.4, -0.2) is 32.3 Å². The van der Waals surface area contributed by atoms with Crippen molar-refractivity contribution in [2.45, 2.75) is 5.75 Å². The highest BCUT2D eigenvalue weighted by molar-refractivity contribution is 7.98. The number of hydrogen-bond donors (Lipinski definition) is 1. The largest absolute Gasteiger partial charge is 0.378 e. The second kappa shape index (κ2) is 8.99. The smallest absolute Gasteiger partial charge is 0.251 e. The molecule has 0 aliphatic carbocycles. The molecule has 0 heterocycles. The first-order valence-electron chi connectivity index (χ1n) is 7.73. The first-order chi connectivity index (χ1) is 11.6. The van der Waals surface area contributed by atoms with Gasteiger partial charge in [0.25, 0.3) is 5.91 Å². The molecule has 124 valence electrons. The second-order valence-electron chi connectivity index (χ2n) is 5.52. The van der Waals surface area contributed by atoms with Gasteiger partial charge in [-0.2, -0.15) is 17.0 Å². The van der Waals surface area contributed by atoms with Gasteiger partial charge in [0.2, 0.25) is 0 Å². The van der Waals surface area contributed by atoms with Crippen LogP contribution in [0.3, 0.4) is 0 Å². The van der Waals surface area contributed by atoms with Crippen molar-refractivity contribution >= 4 is 23.4 Å². The molecular formula is C19H21N3OS. The van der Waals surface area contributed by atoms with Crippen molar-refractivity contribution in [3.8, 4) is 6.07 Å². The lowest BCUT2D eigenvalue weighted by Gasteiger charge is -2.13. The number of thioether (sulfide) groups is 1. The van der Waals surface area contributed by atoms with E-state index in [0.717, 1.165) is 28.3 Å². The molecule has 1 N–H and O–H groups in total. The predicted octanol–water partition coefficient (Wildman–Crippen LogP) is 3.29. The monoisotopic (exact) mass is 339 g/mol. The Bertz CT molecular complexity index is 737. The number of amides is 1. The Kier molecular flexibility index (Phi) is 6.71. The van der Waals surface area contributed by atoms with E-state index < -0.39 is 0 Å². The lowest BCUT2D eigenvalue weighted by molar-refractivity contribution is 0.0956. The number of carbonyl (C=O) groups is 1. The third-order valence-corrected chi connectivity index (χ3v) is 4.56. The Balaban J connectivity index is 1.77. The van der Waals surface area contributed by atoms with Gasteiger partial charge < -0.3 is 10.2 Å². The van der Waals surface area contributed by atoms with Gasteiger partial charge in [0.1, 0.15) is 0 Å². The minimum Gasteiger partial charge on any atom is -0.378 e. The molecule has 0 aliphatic rings. The summed E-state index contributed by atoms with van der Waals surface area (Å²) in [6.07, 6.45) is 0. The molecule has 2 rings (SSSR count). The highest BCUT2D eigenvalue weighted by atomic mass is 32.2. The van der Waals surface area contributed by atoms with E-state index in [2.05, 4.69) is 11.4 Å². The highest BCUT2D eigenvalue weighted by Crippen LogP contribution is 2.16. The number of anilines is 1. The summed E-state index contributed by atoms with van der Waals surface area (Å²) in [5.41, 5.74) is 3.43. The van der Waals surface area contributed by atoms with Crippen LogP contribution < -0.4 is 10.2 Å². The highest BCUT2D eigenvalue weighted by Gasteiger charge is 2.06. The van der Waals surface area contributed by atoms with Crippen LogP contribution in [0, 0.1) is 11.3 Å². The molecule has 1 amide bonds. The molecule has 5 heteroatoms. The zero-order valence-corrected chi connectivity index (χ0v) is 14.8. The molecule has 0 saturated carbocycles. The van der Waals surface area contributed by atoms with Crippen molar-refractivity contribution in [3.05, 3.63) is 65.2 Å². The fourth-order valence-electron chi connectivity index (χ4n) is 2.20. The number of carbonyl (C=O) groups excluding carboxylic acids is 1. The van der Waals surface area contributed by atoms with E-state index in [4.69, 9.17) is 5.26 Å². The van der Waals surface area contributed by atoms with Crippen LogP contribution in [0.25, 0.3) is 0 Å². The van der Waals surface area contributed by atoms with E-state index in [1.807, 2.05) is 67.5 Å². The van der Waals surface area contributed by atoms with E-state index in [9.17, 15) is 4.79 Å². The molecule has 2 aromatic carbocycles. The maximum absolute atomic E-state index is 12.2. The molecule has 4 nitrogen and oxygen atoms in total. The van der Waals surface area contributed by atoms with Gasteiger partial charge >= 0.3 is 0 Å². The fourth-order valence-corrected chi connectivity index (χ4v) is 3.06. The zero-order valence-electron chi connectivity index (χ0n) is 14.0. The van der Waals surface area contributed by atoms with Gasteiger partial charge in [0, 0.05) is 43.4 Å². The molecule has 0 spiro atoms. The van der Waals surface area contributed by atoms with Crippen molar-refractivity contribution < 1.29 is 4.79 Å². The van der Waals surface area contributed by atoms with Crippen LogP contribution >= 0.6 is 11.8 Å². The van der Waals surface area contributed by atoms with Gasteiger partial charge in [-0.05, 0) is 29.8 Å². The lowest BCUT2D eigenvalue weighted by Crippen LogP contribution is -2.26. The Morgan fingerprint density at radius 3 is 2.75 bits per heavy atom. The van der Waals surface area contributed by atoms with Gasteiger partial charge in [-0.15, -0.1) is 0 Å². The van der Waals surface area contributed by atoms with Crippen LogP contribution in [0.4, 0.5) is 5.69 Å². The molecule has 0 atom stereocenters. The molecule has 0 aromatic heterocycles. The second-order valence-corrected chi connectivity index (χ2v) is 6.63. The van der Waals surface area contributed by atoms with Crippen molar-refractivity contribution in [2.24, 2.45) is 0 Å². The molecule has 2 aromatic rings. The average molecular weight is 339 g/mol. The summed E-state index contributed by atoms with van der Waals surface area (Å²) in [5, 5.41) is 12.0. The lowest BCUT2D eigenvalue weighted by atomic mass is 10.1. The summed E-state index contributed by atoms with van der Waals surface area (Å²) in [4.78, 5) is 14.1. The third-order valence-electron chi connectivity index (χ3n) is 3.55. The molecule has 0 saturated heterocycles. The molecule has 0 unspecified atom stereocenters. The average Bonchev–Trinajstić information content (AvgIpc) is 2.61. The van der Waals surface area contributed by atoms with E-state index >= 15 is 0 Å². The van der Waals surface area contributed by atoms with E-state index in [1.165, 1.54) is 0 Å². The number of nitrogens with zero attached hydrogens (tertiary/aromatic N) is 2. The first kappa shape index (κ1) is 17.9. The summed E-state index contributed by atoms with van der Waals surface area (Å²) < 4.78 is 0. The fraction of sp³-hybridized carbons (Fsp3) is 0.263. The van der Waals surface area contributed by atoms with Crippen molar-refractivity contribution in [1.82, 2.24) is 5.32 Å². The maximum Gasteiger partial charge on any atom is 0.251 e. The SMILES string of the molecule is CN(C)c1cccc(C(=O)NCCSCc2ccccc2C#N)c1. The van der Waals surface area contributed by atoms with Gasteiger partial charge in [0.15, 0.2) is 0 Å². The molecule has 24 heavy (non-hydrogen) atoms. The topological polar surface area (TPSA) is 56.1 Å². The summed E-state index contributed by atoms with van der Waals surface area (Å²) in [5.74, 6) is 1.52. The normalized spacial score (nSPS) is 10.0. The zero-order chi connectivity index (χ0) is 17.4. The third kappa shape index (κ3) is 5.04. The minimum absolute atomic E-state index is 0.0586. The van der Waals surface area contributed by atoms with Crippen molar-refractivity contribution in [3.63, 3.8) is 0 Å². The Morgan fingerprint density at radius 2 is 2.00 bits per heavy atom. The van der Waals surface area contributed by atoms with Crippen LogP contribution in [-0.2, 0) is 5.75 Å². The summed E-state index contributed by atoms with van der Waals surface area (Å²) in [6.45, 7) is 0.602. The number of nitrogens with one attached hydrogen (secondary N) is 1. The predicted molar refractivity (Wildman–Crippen MR) is 100 cm³/mol. The van der Waals surface area contributed by atoms with Crippen LogP contribution in [0.2, 0.25) is 0 Å². The molecule has 0 fully saturated rings. The number of rotatable bonds is 7. The summed E-state index contributed by atoms with van der Waals surface area (Å²) >= 11 is 1.71. The molecular weight excluding hydrogens is 318 g/mol. The number of benzene rings is 2. The summed E-state index contributed by atoms with van der Waals surface area (Å²) in [7, 11) is 3.90. The first-order valence-corrected chi connectivity index (χ1v) is 8.88. The van der Waals surface area contributed by atoms with Gasteiger partial charge in [0.05, 0.1) is 11.6 Å². The minimum atomic E-state index is -0.0586. The van der Waals surface area contributed by atoms with E-state index in [0.29, 0.717) is 12.1 Å². The maximum atomic E-state index is 12.2. The number of hydrogen-bond acceptors (Lipinski definition) is 4. The van der Waals surface area contributed by atoms with Crippen LogP contribution in [0.1, 0.15) is 21.5 Å². The Hall–Kier alpha value is -2.45. The Morgan fingerprint density at radius 1 is 1.21 bits per heavy atom. The summed E-state index contributed by atoms with van der Waals surface area (Å²) in [6, 6.07) is 17.4. The van der Waals surface area contributed by atoms with Gasteiger partial charge in [-0.25, -0.2) is 0 Å². The quantitative estimate of drug-likeness (QED) is 0.787. The number of nitriles is 1. The van der Waals surface area contributed by atoms with Crippen LogP contribution in [0.5, 0.6) is 0 Å². The van der Waals surface area contributed by atoms with Crippen LogP contribution in [0.15, 0.2) is 48.5 Å². The molecule has 0 aliphatic heterocycles. The van der Waals surface area contributed by atoms with E-state index in [-0.39, 0.29) is 5.91 Å². The van der Waals surface area contributed by atoms with Gasteiger partial charge in [-0.3, -0.25) is 4.79 Å². The van der Waals surface area contributed by atoms with E-state index in [1.54, 1.807) is 11.8 Å².